The Labute approximate surface area is 79.5 Å². The van der Waals surface area contributed by atoms with Crippen LogP contribution in [0.5, 0.6) is 0 Å². The van der Waals surface area contributed by atoms with Crippen molar-refractivity contribution in [1.82, 2.24) is 0 Å². The van der Waals surface area contributed by atoms with E-state index in [0.717, 1.165) is 0 Å². The SMILES string of the molecule is BC(C)(CC)CCC(C)(C)CC. The van der Waals surface area contributed by atoms with Gasteiger partial charge in [0.05, 0.1) is 0 Å². The molecule has 0 rings (SSSR count). The fourth-order valence-corrected chi connectivity index (χ4v) is 1.03. The first-order valence-corrected chi connectivity index (χ1v) is 5.33. The van der Waals surface area contributed by atoms with E-state index in [4.69, 9.17) is 0 Å². The average Bonchev–Trinajstić information content (AvgIpc) is 2.02. The lowest BCUT2D eigenvalue weighted by atomic mass is 9.63. The third-order valence-corrected chi connectivity index (χ3v) is 3.39. The van der Waals surface area contributed by atoms with E-state index in [-0.39, 0.29) is 0 Å². The molecule has 0 fully saturated rings. The minimum atomic E-state index is 0.548. The van der Waals surface area contributed by atoms with Crippen molar-refractivity contribution in [3.63, 3.8) is 0 Å². The van der Waals surface area contributed by atoms with Gasteiger partial charge in [0.1, 0.15) is 7.85 Å². The van der Waals surface area contributed by atoms with Crippen molar-refractivity contribution in [2.75, 3.05) is 0 Å². The van der Waals surface area contributed by atoms with Gasteiger partial charge in [-0.25, -0.2) is 0 Å². The lowest BCUT2D eigenvalue weighted by Gasteiger charge is -2.29. The van der Waals surface area contributed by atoms with Gasteiger partial charge in [-0.05, 0) is 11.8 Å². The summed E-state index contributed by atoms with van der Waals surface area (Å²) in [6.07, 6.45) is 5.33. The molecule has 0 aliphatic heterocycles. The van der Waals surface area contributed by atoms with E-state index in [1.807, 2.05) is 0 Å². The first-order valence-electron chi connectivity index (χ1n) is 5.33. The minimum absolute atomic E-state index is 0.548. The van der Waals surface area contributed by atoms with Crippen LogP contribution in [0, 0.1) is 5.41 Å². The molecule has 0 amide bonds. The first kappa shape index (κ1) is 12.1. The predicted molar refractivity (Wildman–Crippen MR) is 60.5 cm³/mol. The molecule has 0 nitrogen and oxygen atoms in total. The molecule has 72 valence electrons. The Bertz CT molecular complexity index is 109. The van der Waals surface area contributed by atoms with Crippen LogP contribution in [0.4, 0.5) is 0 Å². The van der Waals surface area contributed by atoms with Crippen LogP contribution >= 0.6 is 0 Å². The summed E-state index contributed by atoms with van der Waals surface area (Å²) in [5.74, 6) is 0. The Morgan fingerprint density at radius 2 is 1.42 bits per heavy atom. The fraction of sp³-hybridized carbons (Fsp3) is 1.00. The van der Waals surface area contributed by atoms with Gasteiger partial charge in [0.25, 0.3) is 0 Å². The van der Waals surface area contributed by atoms with Gasteiger partial charge in [0.15, 0.2) is 0 Å². The maximum absolute atomic E-state index is 2.37. The predicted octanol–water partition coefficient (Wildman–Crippen LogP) is 3.42. The maximum atomic E-state index is 2.37. The van der Waals surface area contributed by atoms with Gasteiger partial charge in [-0.1, -0.05) is 59.2 Å². The van der Waals surface area contributed by atoms with Gasteiger partial charge in [-0.2, -0.15) is 0 Å². The second-order valence-electron chi connectivity index (χ2n) is 5.54. The molecule has 0 saturated carbocycles. The van der Waals surface area contributed by atoms with Crippen molar-refractivity contribution >= 4 is 7.85 Å². The van der Waals surface area contributed by atoms with Gasteiger partial charge in [0, 0.05) is 0 Å². The van der Waals surface area contributed by atoms with E-state index in [9.17, 15) is 0 Å². The van der Waals surface area contributed by atoms with Gasteiger partial charge in [-0.3, -0.25) is 0 Å². The van der Waals surface area contributed by atoms with Gasteiger partial charge in [0.2, 0.25) is 0 Å². The Morgan fingerprint density at radius 1 is 0.917 bits per heavy atom. The molecule has 0 bridgehead atoms. The van der Waals surface area contributed by atoms with E-state index >= 15 is 0 Å². The second-order valence-corrected chi connectivity index (χ2v) is 5.54. The molecule has 0 spiro atoms. The van der Waals surface area contributed by atoms with E-state index in [2.05, 4.69) is 42.5 Å². The molecule has 1 heteroatoms. The molecule has 0 aliphatic rings. The lowest BCUT2D eigenvalue weighted by molar-refractivity contribution is 0.291. The number of hydrogen-bond donors (Lipinski definition) is 0. The van der Waals surface area contributed by atoms with Crippen molar-refractivity contribution < 1.29 is 0 Å². The number of rotatable bonds is 5. The molecule has 12 heavy (non-hydrogen) atoms. The summed E-state index contributed by atoms with van der Waals surface area (Å²) >= 11 is 0. The standard InChI is InChI=1S/C11H25B/c1-6-10(3,4)8-9-11(5,12)7-2/h6-9,12H2,1-5H3. The molecule has 0 aromatic heterocycles. The molecular weight excluding hydrogens is 143 g/mol. The smallest absolute Gasteiger partial charge is 0.0669 e. The van der Waals surface area contributed by atoms with Crippen molar-refractivity contribution in [3.8, 4) is 0 Å². The van der Waals surface area contributed by atoms with Gasteiger partial charge < -0.3 is 0 Å². The van der Waals surface area contributed by atoms with Crippen LogP contribution in [-0.4, -0.2) is 7.85 Å². The van der Waals surface area contributed by atoms with Crippen LogP contribution in [0.2, 0.25) is 5.31 Å². The second kappa shape index (κ2) is 4.34. The molecule has 1 atom stereocenters. The topological polar surface area (TPSA) is 0 Å². The summed E-state index contributed by atoms with van der Waals surface area (Å²) in [5.41, 5.74) is 0.548. The Morgan fingerprint density at radius 3 is 1.75 bits per heavy atom. The normalized spacial score (nSPS) is 17.4. The quantitative estimate of drug-likeness (QED) is 0.551. The van der Waals surface area contributed by atoms with Crippen molar-refractivity contribution in [1.29, 1.82) is 0 Å². The Kier molecular flexibility index (Phi) is 4.37. The zero-order valence-electron chi connectivity index (χ0n) is 9.83. The highest BCUT2D eigenvalue weighted by atomic mass is 14.2. The summed E-state index contributed by atoms with van der Waals surface area (Å²) in [5, 5.41) is 0.548. The lowest BCUT2D eigenvalue weighted by Crippen LogP contribution is -2.15. The molecule has 0 radical (unpaired) electrons. The van der Waals surface area contributed by atoms with E-state index < -0.39 is 0 Å². The van der Waals surface area contributed by atoms with Crippen molar-refractivity contribution in [3.05, 3.63) is 0 Å². The van der Waals surface area contributed by atoms with Crippen molar-refractivity contribution in [2.24, 2.45) is 5.41 Å². The van der Waals surface area contributed by atoms with Crippen LogP contribution in [0.3, 0.4) is 0 Å². The van der Waals surface area contributed by atoms with Crippen LogP contribution in [0.25, 0.3) is 0 Å². The van der Waals surface area contributed by atoms with Crippen LogP contribution < -0.4 is 0 Å². The molecule has 0 heterocycles. The fourth-order valence-electron chi connectivity index (χ4n) is 1.03. The monoisotopic (exact) mass is 168 g/mol. The molecule has 0 N–H and O–H groups in total. The van der Waals surface area contributed by atoms with E-state index in [1.54, 1.807) is 0 Å². The Hall–Kier alpha value is 0.0649. The highest BCUT2D eigenvalue weighted by molar-refractivity contribution is 6.14. The van der Waals surface area contributed by atoms with E-state index in [1.165, 1.54) is 25.7 Å². The molecule has 0 aromatic carbocycles. The molecule has 0 saturated heterocycles. The summed E-state index contributed by atoms with van der Waals surface area (Å²) in [7, 11) is 2.37. The summed E-state index contributed by atoms with van der Waals surface area (Å²) < 4.78 is 0. The molecule has 0 aromatic rings. The minimum Gasteiger partial charge on any atom is -0.0669 e. The van der Waals surface area contributed by atoms with E-state index in [0.29, 0.717) is 10.7 Å². The van der Waals surface area contributed by atoms with Crippen molar-refractivity contribution in [2.45, 2.75) is 65.6 Å². The third kappa shape index (κ3) is 4.85. The average molecular weight is 168 g/mol. The van der Waals surface area contributed by atoms with Gasteiger partial charge in [-0.15, -0.1) is 0 Å². The number of hydrogen-bond acceptors (Lipinski definition) is 0. The maximum Gasteiger partial charge on any atom is 0.109 e. The summed E-state index contributed by atoms with van der Waals surface area (Å²) in [4.78, 5) is 0. The molecule has 0 aliphatic carbocycles. The zero-order chi connectivity index (χ0) is 9.83. The van der Waals surface area contributed by atoms with Crippen LogP contribution in [0.15, 0.2) is 0 Å². The highest BCUT2D eigenvalue weighted by Crippen LogP contribution is 2.37. The Balaban J connectivity index is 3.82. The molecule has 1 unspecified atom stereocenters. The van der Waals surface area contributed by atoms with Gasteiger partial charge >= 0.3 is 0 Å². The first-order chi connectivity index (χ1) is 5.33. The zero-order valence-corrected chi connectivity index (χ0v) is 9.83. The van der Waals surface area contributed by atoms with Crippen LogP contribution in [-0.2, 0) is 0 Å². The third-order valence-electron chi connectivity index (χ3n) is 3.39. The highest BCUT2D eigenvalue weighted by Gasteiger charge is 2.21. The summed E-state index contributed by atoms with van der Waals surface area (Å²) in [6.45, 7) is 11.7. The molecular formula is C11H25B. The summed E-state index contributed by atoms with van der Waals surface area (Å²) in [6, 6.07) is 0. The largest absolute Gasteiger partial charge is 0.109 e. The van der Waals surface area contributed by atoms with Crippen LogP contribution in [0.1, 0.15) is 60.3 Å².